The van der Waals surface area contributed by atoms with Gasteiger partial charge in [-0.1, -0.05) is 0 Å². The van der Waals surface area contributed by atoms with Crippen molar-refractivity contribution >= 4 is 29.9 Å². The van der Waals surface area contributed by atoms with E-state index in [4.69, 9.17) is 0 Å². The molecule has 1 heterocycles. The molecule has 1 saturated heterocycles. The number of halogens is 1. The van der Waals surface area contributed by atoms with E-state index in [1.165, 1.54) is 29.9 Å². The predicted molar refractivity (Wildman–Crippen MR) is 85.2 cm³/mol. The second-order valence-corrected chi connectivity index (χ2v) is 5.54. The Bertz CT molecular complexity index is 709. The molecule has 0 bridgehead atoms. The van der Waals surface area contributed by atoms with Gasteiger partial charge in [0.25, 0.3) is 5.91 Å². The first-order chi connectivity index (χ1) is 11.8. The van der Waals surface area contributed by atoms with Crippen LogP contribution in [0, 0.1) is 5.82 Å². The summed E-state index contributed by atoms with van der Waals surface area (Å²) < 4.78 is 18.4. The lowest BCUT2D eigenvalue weighted by Crippen LogP contribution is -2.57. The van der Waals surface area contributed by atoms with Crippen molar-refractivity contribution in [3.05, 3.63) is 29.6 Å². The van der Waals surface area contributed by atoms with Gasteiger partial charge in [-0.25, -0.2) is 9.18 Å². The molecular weight excluding hydrogens is 333 g/mol. The Kier molecular flexibility index (Phi) is 5.68. The zero-order chi connectivity index (χ0) is 18.6. The van der Waals surface area contributed by atoms with Gasteiger partial charge in [-0.3, -0.25) is 14.4 Å². The number of rotatable bonds is 4. The molecule has 1 aromatic carbocycles. The standard InChI is InChI=1S/C16H18FN3O5/c1-10(22)18-13-6-11(5-12(17)7-13)15(23)19-3-4-20(9-21)14(8-19)16(24)25-2/h5-7,9,14H,3-4,8H2,1-2H3,(H,18,22). The fourth-order valence-corrected chi connectivity index (χ4v) is 2.62. The van der Waals surface area contributed by atoms with E-state index < -0.39 is 29.6 Å². The molecule has 0 aromatic heterocycles. The van der Waals surface area contributed by atoms with Crippen molar-refractivity contribution in [2.75, 3.05) is 32.1 Å². The molecule has 134 valence electrons. The lowest BCUT2D eigenvalue weighted by Gasteiger charge is -2.37. The molecule has 8 nitrogen and oxygen atoms in total. The molecule has 0 radical (unpaired) electrons. The van der Waals surface area contributed by atoms with Crippen molar-refractivity contribution < 1.29 is 28.3 Å². The van der Waals surface area contributed by atoms with Gasteiger partial charge in [0.2, 0.25) is 12.3 Å². The average Bonchev–Trinajstić information content (AvgIpc) is 2.58. The van der Waals surface area contributed by atoms with Gasteiger partial charge < -0.3 is 19.9 Å². The molecule has 0 aliphatic carbocycles. The molecular formula is C16H18FN3O5. The smallest absolute Gasteiger partial charge is 0.330 e. The molecule has 1 unspecified atom stereocenters. The van der Waals surface area contributed by atoms with Crippen LogP contribution in [0.25, 0.3) is 0 Å². The first-order valence-corrected chi connectivity index (χ1v) is 7.52. The normalized spacial score (nSPS) is 17.0. The molecule has 1 aromatic rings. The van der Waals surface area contributed by atoms with E-state index in [0.29, 0.717) is 6.41 Å². The summed E-state index contributed by atoms with van der Waals surface area (Å²) in [5.74, 6) is -2.21. The minimum absolute atomic E-state index is 0.0342. The van der Waals surface area contributed by atoms with Crippen LogP contribution in [0.15, 0.2) is 18.2 Å². The molecule has 0 saturated carbocycles. The minimum Gasteiger partial charge on any atom is -0.467 e. The number of nitrogens with zero attached hydrogens (tertiary/aromatic N) is 2. The summed E-state index contributed by atoms with van der Waals surface area (Å²) in [6.45, 7) is 1.56. The zero-order valence-corrected chi connectivity index (χ0v) is 13.8. The maximum Gasteiger partial charge on any atom is 0.330 e. The van der Waals surface area contributed by atoms with Crippen LogP contribution in [0.1, 0.15) is 17.3 Å². The number of ether oxygens (including phenoxy) is 1. The van der Waals surface area contributed by atoms with Gasteiger partial charge in [-0.15, -0.1) is 0 Å². The molecule has 1 N–H and O–H groups in total. The quantitative estimate of drug-likeness (QED) is 0.619. The number of carbonyl (C=O) groups is 4. The summed E-state index contributed by atoms with van der Waals surface area (Å²) in [6.07, 6.45) is 0.528. The summed E-state index contributed by atoms with van der Waals surface area (Å²) in [6, 6.07) is 2.59. The van der Waals surface area contributed by atoms with Crippen LogP contribution in [0.4, 0.5) is 10.1 Å². The number of hydrogen-bond donors (Lipinski definition) is 1. The molecule has 1 atom stereocenters. The zero-order valence-electron chi connectivity index (χ0n) is 13.8. The second-order valence-electron chi connectivity index (χ2n) is 5.54. The Labute approximate surface area is 143 Å². The lowest BCUT2D eigenvalue weighted by atomic mass is 10.1. The lowest BCUT2D eigenvalue weighted by molar-refractivity contribution is -0.151. The third-order valence-corrected chi connectivity index (χ3v) is 3.78. The van der Waals surface area contributed by atoms with E-state index in [1.54, 1.807) is 0 Å². The first-order valence-electron chi connectivity index (χ1n) is 7.52. The Hall–Kier alpha value is -2.97. The van der Waals surface area contributed by atoms with Gasteiger partial charge in [-0.05, 0) is 18.2 Å². The second kappa shape index (κ2) is 7.73. The average molecular weight is 351 g/mol. The topological polar surface area (TPSA) is 96.0 Å². The molecule has 25 heavy (non-hydrogen) atoms. The molecule has 1 aliphatic rings. The molecule has 1 fully saturated rings. The number of methoxy groups -OCH3 is 1. The van der Waals surface area contributed by atoms with Crippen molar-refractivity contribution in [3.63, 3.8) is 0 Å². The number of piperazine rings is 1. The van der Waals surface area contributed by atoms with Gasteiger partial charge in [0, 0.05) is 31.3 Å². The van der Waals surface area contributed by atoms with E-state index >= 15 is 0 Å². The fraction of sp³-hybridized carbons (Fsp3) is 0.375. The van der Waals surface area contributed by atoms with Crippen LogP contribution in [-0.4, -0.2) is 66.8 Å². The van der Waals surface area contributed by atoms with E-state index in [1.807, 2.05) is 0 Å². The number of esters is 1. The fourth-order valence-electron chi connectivity index (χ4n) is 2.62. The third-order valence-electron chi connectivity index (χ3n) is 3.78. The number of carbonyl (C=O) groups excluding carboxylic acids is 4. The maximum atomic E-state index is 13.7. The van der Waals surface area contributed by atoms with Crippen molar-refractivity contribution in [1.29, 1.82) is 0 Å². The SMILES string of the molecule is COC(=O)C1CN(C(=O)c2cc(F)cc(NC(C)=O)c2)CCN1C=O. The van der Waals surface area contributed by atoms with E-state index in [2.05, 4.69) is 10.1 Å². The van der Waals surface area contributed by atoms with Crippen molar-refractivity contribution in [1.82, 2.24) is 9.80 Å². The van der Waals surface area contributed by atoms with Crippen molar-refractivity contribution in [2.45, 2.75) is 13.0 Å². The van der Waals surface area contributed by atoms with Gasteiger partial charge in [-0.2, -0.15) is 0 Å². The summed E-state index contributed by atoms with van der Waals surface area (Å²) in [5.41, 5.74) is 0.193. The first kappa shape index (κ1) is 18.4. The van der Waals surface area contributed by atoms with Gasteiger partial charge in [0.1, 0.15) is 11.9 Å². The Morgan fingerprint density at radius 3 is 2.60 bits per heavy atom. The maximum absolute atomic E-state index is 13.7. The number of hydrogen-bond acceptors (Lipinski definition) is 5. The molecule has 2 rings (SSSR count). The van der Waals surface area contributed by atoms with Crippen LogP contribution in [0.2, 0.25) is 0 Å². The Balaban J connectivity index is 2.22. The number of amides is 3. The van der Waals surface area contributed by atoms with E-state index in [-0.39, 0.29) is 30.9 Å². The van der Waals surface area contributed by atoms with Crippen LogP contribution >= 0.6 is 0 Å². The molecule has 1 aliphatic heterocycles. The summed E-state index contributed by atoms with van der Waals surface area (Å²) >= 11 is 0. The molecule has 3 amide bonds. The van der Waals surface area contributed by atoms with Crippen LogP contribution in [0.5, 0.6) is 0 Å². The van der Waals surface area contributed by atoms with Crippen LogP contribution < -0.4 is 5.32 Å². The molecule has 9 heteroatoms. The third kappa shape index (κ3) is 4.31. The summed E-state index contributed by atoms with van der Waals surface area (Å²) in [5, 5.41) is 2.42. The van der Waals surface area contributed by atoms with E-state index in [0.717, 1.165) is 12.1 Å². The highest BCUT2D eigenvalue weighted by atomic mass is 19.1. The summed E-state index contributed by atoms with van der Waals surface area (Å²) in [7, 11) is 1.19. The number of nitrogens with one attached hydrogen (secondary N) is 1. The Morgan fingerprint density at radius 2 is 2.00 bits per heavy atom. The number of anilines is 1. The van der Waals surface area contributed by atoms with E-state index in [9.17, 15) is 23.6 Å². The van der Waals surface area contributed by atoms with Crippen LogP contribution in [0.3, 0.4) is 0 Å². The minimum atomic E-state index is -0.913. The highest BCUT2D eigenvalue weighted by Gasteiger charge is 2.34. The Morgan fingerprint density at radius 1 is 1.28 bits per heavy atom. The van der Waals surface area contributed by atoms with Crippen molar-refractivity contribution in [3.8, 4) is 0 Å². The summed E-state index contributed by atoms with van der Waals surface area (Å²) in [4.78, 5) is 49.2. The molecule has 0 spiro atoms. The highest BCUT2D eigenvalue weighted by molar-refractivity contribution is 5.97. The van der Waals surface area contributed by atoms with Gasteiger partial charge in [0.05, 0.1) is 13.7 Å². The largest absolute Gasteiger partial charge is 0.467 e. The monoisotopic (exact) mass is 351 g/mol. The van der Waals surface area contributed by atoms with Crippen LogP contribution in [-0.2, 0) is 19.1 Å². The number of benzene rings is 1. The van der Waals surface area contributed by atoms with Crippen molar-refractivity contribution in [2.24, 2.45) is 0 Å². The van der Waals surface area contributed by atoms with Gasteiger partial charge in [0.15, 0.2) is 0 Å². The predicted octanol–water partition coefficient (Wildman–Crippen LogP) is 0.240. The van der Waals surface area contributed by atoms with Gasteiger partial charge >= 0.3 is 5.97 Å². The highest BCUT2D eigenvalue weighted by Crippen LogP contribution is 2.18.